The highest BCUT2D eigenvalue weighted by Crippen LogP contribution is 2.39. The highest BCUT2D eigenvalue weighted by atomic mass is 15.1. The van der Waals surface area contributed by atoms with E-state index >= 15 is 0 Å². The quantitative estimate of drug-likeness (QED) is 0.191. The van der Waals surface area contributed by atoms with E-state index in [2.05, 4.69) is 186 Å². The second-order valence-electron chi connectivity index (χ2n) is 11.5. The molecule has 2 heteroatoms. The molecule has 0 bridgehead atoms. The van der Waals surface area contributed by atoms with E-state index in [0.29, 0.717) is 0 Å². The maximum Gasteiger partial charge on any atom is 0.0619 e. The molecule has 0 aliphatic rings. The Kier molecular flexibility index (Phi) is 6.73. The van der Waals surface area contributed by atoms with Crippen LogP contribution in [0.2, 0.25) is 0 Å². The normalized spacial score (nSPS) is 11.2. The van der Waals surface area contributed by atoms with Crippen LogP contribution < -0.4 is 4.90 Å². The molecule has 0 amide bonds. The van der Waals surface area contributed by atoms with Gasteiger partial charge in [0.15, 0.2) is 0 Å². The van der Waals surface area contributed by atoms with Crippen molar-refractivity contribution in [1.29, 1.82) is 0 Å². The zero-order valence-corrected chi connectivity index (χ0v) is 25.1. The largest absolute Gasteiger partial charge is 0.345 e. The standard InChI is InChI=1S/C43H32N2/c1-44(36-15-6-3-7-16-36)37-28-26-33(27-29-37)32-22-24-34(25-23-32)39-19-11-20-41-40-18-8-9-21-42(40)45(43(39)41)38-17-10-14-35(30-38)31-12-4-2-5-13-31/h2-30H,1H3. The van der Waals surface area contributed by atoms with Gasteiger partial charge in [0.2, 0.25) is 0 Å². The predicted octanol–water partition coefficient (Wildman–Crippen LogP) is 11.6. The van der Waals surface area contributed by atoms with Crippen LogP contribution in [0.4, 0.5) is 11.4 Å². The number of nitrogens with zero attached hydrogens (tertiary/aromatic N) is 2. The summed E-state index contributed by atoms with van der Waals surface area (Å²) in [6.45, 7) is 0. The monoisotopic (exact) mass is 576 g/mol. The SMILES string of the molecule is CN(c1ccccc1)c1ccc(-c2ccc(-c3cccc4c5ccccc5n(-c5cccc(-c6ccccc6)c5)c34)cc2)cc1. The molecule has 8 rings (SSSR count). The number of fused-ring (bicyclic) bond motifs is 3. The molecule has 0 atom stereocenters. The predicted molar refractivity (Wildman–Crippen MR) is 192 cm³/mol. The van der Waals surface area contributed by atoms with Crippen LogP contribution in [0.5, 0.6) is 0 Å². The van der Waals surface area contributed by atoms with E-state index < -0.39 is 0 Å². The van der Waals surface area contributed by atoms with Gasteiger partial charge in [-0.1, -0.05) is 133 Å². The first-order valence-electron chi connectivity index (χ1n) is 15.4. The van der Waals surface area contributed by atoms with Crippen molar-refractivity contribution in [3.05, 3.63) is 176 Å². The molecule has 0 saturated carbocycles. The average molecular weight is 577 g/mol. The van der Waals surface area contributed by atoms with Gasteiger partial charge in [-0.15, -0.1) is 0 Å². The van der Waals surface area contributed by atoms with Gasteiger partial charge in [-0.3, -0.25) is 0 Å². The summed E-state index contributed by atoms with van der Waals surface area (Å²) < 4.78 is 2.43. The molecule has 0 aliphatic carbocycles. The van der Waals surface area contributed by atoms with Crippen molar-refractivity contribution in [3.8, 4) is 39.1 Å². The summed E-state index contributed by atoms with van der Waals surface area (Å²) >= 11 is 0. The van der Waals surface area contributed by atoms with Crippen molar-refractivity contribution in [3.63, 3.8) is 0 Å². The van der Waals surface area contributed by atoms with Crippen LogP contribution in [-0.2, 0) is 0 Å². The number of benzene rings is 7. The number of hydrogen-bond donors (Lipinski definition) is 0. The van der Waals surface area contributed by atoms with Crippen LogP contribution in [0, 0.1) is 0 Å². The van der Waals surface area contributed by atoms with Crippen molar-refractivity contribution in [2.75, 3.05) is 11.9 Å². The minimum Gasteiger partial charge on any atom is -0.345 e. The van der Waals surface area contributed by atoms with Crippen LogP contribution in [0.3, 0.4) is 0 Å². The maximum absolute atomic E-state index is 2.43. The Bertz CT molecular complexity index is 2250. The summed E-state index contributed by atoms with van der Waals surface area (Å²) in [4.78, 5) is 2.21. The lowest BCUT2D eigenvalue weighted by atomic mass is 9.98. The summed E-state index contributed by atoms with van der Waals surface area (Å²) in [5.74, 6) is 0. The molecule has 2 nitrogen and oxygen atoms in total. The zero-order valence-electron chi connectivity index (χ0n) is 25.1. The summed E-state index contributed by atoms with van der Waals surface area (Å²) in [5.41, 5.74) is 13.2. The lowest BCUT2D eigenvalue weighted by molar-refractivity contribution is 1.18. The highest BCUT2D eigenvalue weighted by Gasteiger charge is 2.17. The lowest BCUT2D eigenvalue weighted by Crippen LogP contribution is -2.08. The molecule has 0 spiro atoms. The molecule has 0 saturated heterocycles. The van der Waals surface area contributed by atoms with Crippen LogP contribution in [0.15, 0.2) is 176 Å². The smallest absolute Gasteiger partial charge is 0.0619 e. The minimum absolute atomic E-state index is 1.16. The topological polar surface area (TPSA) is 8.17 Å². The first-order chi connectivity index (χ1) is 22.2. The van der Waals surface area contributed by atoms with Crippen molar-refractivity contribution >= 4 is 33.2 Å². The van der Waals surface area contributed by atoms with Gasteiger partial charge in [-0.2, -0.15) is 0 Å². The molecule has 214 valence electrons. The Labute approximate surface area is 264 Å². The Morgan fingerprint density at radius 1 is 0.400 bits per heavy atom. The van der Waals surface area contributed by atoms with E-state index in [1.165, 1.54) is 60.9 Å². The third-order valence-corrected chi connectivity index (χ3v) is 8.83. The average Bonchev–Trinajstić information content (AvgIpc) is 3.47. The summed E-state index contributed by atoms with van der Waals surface area (Å²) in [7, 11) is 2.11. The molecule has 0 N–H and O–H groups in total. The number of anilines is 2. The third-order valence-electron chi connectivity index (χ3n) is 8.83. The molecule has 0 fully saturated rings. The number of aromatic nitrogens is 1. The van der Waals surface area contributed by atoms with E-state index in [4.69, 9.17) is 0 Å². The number of hydrogen-bond acceptors (Lipinski definition) is 1. The molecule has 45 heavy (non-hydrogen) atoms. The van der Waals surface area contributed by atoms with Gasteiger partial charge in [-0.25, -0.2) is 0 Å². The number of para-hydroxylation sites is 3. The van der Waals surface area contributed by atoms with Crippen molar-refractivity contribution in [2.45, 2.75) is 0 Å². The minimum atomic E-state index is 1.16. The van der Waals surface area contributed by atoms with Gasteiger partial charge in [0.1, 0.15) is 0 Å². The van der Waals surface area contributed by atoms with Gasteiger partial charge in [-0.05, 0) is 70.3 Å². The third kappa shape index (κ3) is 4.87. The molecule has 0 aliphatic heterocycles. The second kappa shape index (κ2) is 11.3. The van der Waals surface area contributed by atoms with Gasteiger partial charge in [0, 0.05) is 40.4 Å². The molecule has 1 heterocycles. The fourth-order valence-electron chi connectivity index (χ4n) is 6.50. The highest BCUT2D eigenvalue weighted by molar-refractivity contribution is 6.13. The van der Waals surface area contributed by atoms with E-state index in [0.717, 1.165) is 11.4 Å². The molecule has 0 radical (unpaired) electrons. The molecule has 8 aromatic rings. The first kappa shape index (κ1) is 26.7. The van der Waals surface area contributed by atoms with Gasteiger partial charge in [0.05, 0.1) is 11.0 Å². The fraction of sp³-hybridized carbons (Fsp3) is 0.0233. The Balaban J connectivity index is 1.20. The van der Waals surface area contributed by atoms with E-state index in [1.807, 2.05) is 6.07 Å². The van der Waals surface area contributed by atoms with Crippen molar-refractivity contribution < 1.29 is 0 Å². The van der Waals surface area contributed by atoms with Gasteiger partial charge < -0.3 is 9.47 Å². The molecular formula is C43H32N2. The first-order valence-corrected chi connectivity index (χ1v) is 15.4. The second-order valence-corrected chi connectivity index (χ2v) is 11.5. The number of rotatable bonds is 6. The van der Waals surface area contributed by atoms with Crippen LogP contribution in [0.25, 0.3) is 60.9 Å². The Morgan fingerprint density at radius 2 is 0.933 bits per heavy atom. The molecular weight excluding hydrogens is 544 g/mol. The van der Waals surface area contributed by atoms with Crippen LogP contribution in [-0.4, -0.2) is 11.6 Å². The molecule has 7 aromatic carbocycles. The van der Waals surface area contributed by atoms with Crippen molar-refractivity contribution in [2.24, 2.45) is 0 Å². The fourth-order valence-corrected chi connectivity index (χ4v) is 6.50. The lowest BCUT2D eigenvalue weighted by Gasteiger charge is -2.19. The molecule has 1 aromatic heterocycles. The van der Waals surface area contributed by atoms with Crippen molar-refractivity contribution in [1.82, 2.24) is 4.57 Å². The Morgan fingerprint density at radius 3 is 1.69 bits per heavy atom. The van der Waals surface area contributed by atoms with Gasteiger partial charge >= 0.3 is 0 Å². The summed E-state index contributed by atoms with van der Waals surface area (Å²) in [6.07, 6.45) is 0. The maximum atomic E-state index is 2.43. The Hall–Kier alpha value is -5.86. The zero-order chi connectivity index (χ0) is 30.2. The summed E-state index contributed by atoms with van der Waals surface area (Å²) in [5, 5.41) is 2.52. The van der Waals surface area contributed by atoms with E-state index in [9.17, 15) is 0 Å². The van der Waals surface area contributed by atoms with Crippen LogP contribution >= 0.6 is 0 Å². The van der Waals surface area contributed by atoms with Gasteiger partial charge in [0.25, 0.3) is 0 Å². The van der Waals surface area contributed by atoms with E-state index in [-0.39, 0.29) is 0 Å². The van der Waals surface area contributed by atoms with E-state index in [1.54, 1.807) is 0 Å². The van der Waals surface area contributed by atoms with Crippen LogP contribution in [0.1, 0.15) is 0 Å². The molecule has 0 unspecified atom stereocenters. The summed E-state index contributed by atoms with van der Waals surface area (Å²) in [6, 6.07) is 63.2.